The molecule has 1 heterocycles. The SMILES string of the molecule is CCC1NC(=O)CN(Cc2cccc(Cl)c2Cl)C1=O. The third-order valence-corrected chi connectivity index (χ3v) is 3.94. The molecule has 0 aliphatic carbocycles. The minimum atomic E-state index is -0.445. The molecule has 0 spiro atoms. The number of halogens is 2. The van der Waals surface area contributed by atoms with Crippen molar-refractivity contribution in [2.45, 2.75) is 25.9 Å². The van der Waals surface area contributed by atoms with Gasteiger partial charge in [-0.15, -0.1) is 0 Å². The Morgan fingerprint density at radius 3 is 2.79 bits per heavy atom. The second-order valence-electron chi connectivity index (χ2n) is 4.44. The van der Waals surface area contributed by atoms with Gasteiger partial charge < -0.3 is 10.2 Å². The molecule has 0 saturated carbocycles. The van der Waals surface area contributed by atoms with E-state index >= 15 is 0 Å². The lowest BCUT2D eigenvalue weighted by atomic mass is 10.1. The van der Waals surface area contributed by atoms with E-state index in [1.165, 1.54) is 4.90 Å². The highest BCUT2D eigenvalue weighted by Gasteiger charge is 2.31. The molecule has 1 fully saturated rings. The van der Waals surface area contributed by atoms with Crippen molar-refractivity contribution >= 4 is 35.0 Å². The molecular weight excluding hydrogens is 287 g/mol. The number of hydrogen-bond acceptors (Lipinski definition) is 2. The molecule has 0 radical (unpaired) electrons. The first-order valence-electron chi connectivity index (χ1n) is 6.04. The summed E-state index contributed by atoms with van der Waals surface area (Å²) in [6, 6.07) is 4.82. The van der Waals surface area contributed by atoms with Gasteiger partial charge in [-0.1, -0.05) is 42.3 Å². The van der Waals surface area contributed by atoms with Crippen molar-refractivity contribution in [3.8, 4) is 0 Å². The minimum absolute atomic E-state index is 0.0537. The highest BCUT2D eigenvalue weighted by Crippen LogP contribution is 2.27. The molecule has 0 bridgehead atoms. The Kier molecular flexibility index (Phi) is 4.32. The van der Waals surface area contributed by atoms with Gasteiger partial charge in [0.1, 0.15) is 6.04 Å². The largest absolute Gasteiger partial charge is 0.343 e. The lowest BCUT2D eigenvalue weighted by molar-refractivity contribution is -0.144. The summed E-state index contributed by atoms with van der Waals surface area (Å²) in [6.45, 7) is 2.21. The molecule has 19 heavy (non-hydrogen) atoms. The van der Waals surface area contributed by atoms with Crippen LogP contribution in [0, 0.1) is 0 Å². The smallest absolute Gasteiger partial charge is 0.245 e. The number of rotatable bonds is 3. The first kappa shape index (κ1) is 14.2. The third kappa shape index (κ3) is 3.01. The molecular formula is C13H14Cl2N2O2. The molecule has 1 aromatic rings. The normalized spacial score (nSPS) is 19.5. The first-order chi connectivity index (χ1) is 9.02. The van der Waals surface area contributed by atoms with Crippen LogP contribution in [0.5, 0.6) is 0 Å². The van der Waals surface area contributed by atoms with Crippen LogP contribution in [0.4, 0.5) is 0 Å². The zero-order chi connectivity index (χ0) is 14.0. The molecule has 0 aromatic heterocycles. The number of nitrogens with one attached hydrogen (secondary N) is 1. The highest BCUT2D eigenvalue weighted by molar-refractivity contribution is 6.42. The molecule has 1 unspecified atom stereocenters. The fourth-order valence-electron chi connectivity index (χ4n) is 2.06. The quantitative estimate of drug-likeness (QED) is 0.930. The van der Waals surface area contributed by atoms with Gasteiger partial charge in [-0.2, -0.15) is 0 Å². The van der Waals surface area contributed by atoms with E-state index in [0.717, 1.165) is 5.56 Å². The molecule has 6 heteroatoms. The van der Waals surface area contributed by atoms with Crippen LogP contribution in [0.2, 0.25) is 10.0 Å². The van der Waals surface area contributed by atoms with Gasteiger partial charge in [-0.05, 0) is 18.1 Å². The number of carbonyl (C=O) groups excluding carboxylic acids is 2. The fourth-order valence-corrected chi connectivity index (χ4v) is 2.44. The zero-order valence-electron chi connectivity index (χ0n) is 10.5. The average molecular weight is 301 g/mol. The molecule has 1 aromatic carbocycles. The van der Waals surface area contributed by atoms with Crippen LogP contribution in [-0.4, -0.2) is 29.3 Å². The van der Waals surface area contributed by atoms with Crippen LogP contribution in [0.15, 0.2) is 18.2 Å². The summed E-state index contributed by atoms with van der Waals surface area (Å²) >= 11 is 12.0. The number of benzene rings is 1. The molecule has 1 saturated heterocycles. The van der Waals surface area contributed by atoms with Gasteiger partial charge in [-0.3, -0.25) is 9.59 Å². The molecule has 1 N–H and O–H groups in total. The maximum absolute atomic E-state index is 12.1. The number of hydrogen-bond donors (Lipinski definition) is 1. The van der Waals surface area contributed by atoms with Gasteiger partial charge >= 0.3 is 0 Å². The number of carbonyl (C=O) groups is 2. The molecule has 4 nitrogen and oxygen atoms in total. The van der Waals surface area contributed by atoms with Crippen molar-refractivity contribution in [3.05, 3.63) is 33.8 Å². The van der Waals surface area contributed by atoms with Gasteiger partial charge in [0.25, 0.3) is 0 Å². The van der Waals surface area contributed by atoms with E-state index in [0.29, 0.717) is 23.0 Å². The lowest BCUT2D eigenvalue weighted by Gasteiger charge is -2.32. The Morgan fingerprint density at radius 2 is 2.11 bits per heavy atom. The molecule has 1 aliphatic rings. The second kappa shape index (κ2) is 5.80. The van der Waals surface area contributed by atoms with Crippen LogP contribution in [0.25, 0.3) is 0 Å². The summed E-state index contributed by atoms with van der Waals surface area (Å²) in [5, 5.41) is 3.54. The number of nitrogens with zero attached hydrogens (tertiary/aromatic N) is 1. The molecule has 2 amide bonds. The van der Waals surface area contributed by atoms with Gasteiger partial charge in [-0.25, -0.2) is 0 Å². The molecule has 2 rings (SSSR count). The van der Waals surface area contributed by atoms with E-state index < -0.39 is 6.04 Å². The molecule has 1 aliphatic heterocycles. The van der Waals surface area contributed by atoms with Gasteiger partial charge in [0.2, 0.25) is 11.8 Å². The van der Waals surface area contributed by atoms with Crippen LogP contribution in [-0.2, 0) is 16.1 Å². The summed E-state index contributed by atoms with van der Waals surface area (Å²) in [4.78, 5) is 25.2. The average Bonchev–Trinajstić information content (AvgIpc) is 2.38. The van der Waals surface area contributed by atoms with Crippen molar-refractivity contribution in [3.63, 3.8) is 0 Å². The first-order valence-corrected chi connectivity index (χ1v) is 6.79. The van der Waals surface area contributed by atoms with E-state index in [4.69, 9.17) is 23.2 Å². The maximum Gasteiger partial charge on any atom is 0.245 e. The maximum atomic E-state index is 12.1. The Bertz CT molecular complexity index is 519. The summed E-state index contributed by atoms with van der Waals surface area (Å²) in [5.74, 6) is -0.234. The summed E-state index contributed by atoms with van der Waals surface area (Å²) < 4.78 is 0. The highest BCUT2D eigenvalue weighted by atomic mass is 35.5. The summed E-state index contributed by atoms with van der Waals surface area (Å²) in [5.41, 5.74) is 0.743. The predicted octanol–water partition coefficient (Wildman–Crippen LogP) is 2.23. The Hall–Kier alpha value is -1.26. The van der Waals surface area contributed by atoms with Crippen molar-refractivity contribution < 1.29 is 9.59 Å². The monoisotopic (exact) mass is 300 g/mol. The van der Waals surface area contributed by atoms with E-state index in [2.05, 4.69) is 5.32 Å². The van der Waals surface area contributed by atoms with Crippen molar-refractivity contribution in [1.82, 2.24) is 10.2 Å². The Morgan fingerprint density at radius 1 is 1.37 bits per heavy atom. The van der Waals surface area contributed by atoms with E-state index in [9.17, 15) is 9.59 Å². The van der Waals surface area contributed by atoms with E-state index in [1.807, 2.05) is 6.92 Å². The van der Waals surface area contributed by atoms with E-state index in [1.54, 1.807) is 18.2 Å². The van der Waals surface area contributed by atoms with Gasteiger partial charge in [0, 0.05) is 6.54 Å². The van der Waals surface area contributed by atoms with Crippen molar-refractivity contribution in [2.24, 2.45) is 0 Å². The number of amides is 2. The predicted molar refractivity (Wildman–Crippen MR) is 74.1 cm³/mol. The standard InChI is InChI=1S/C13H14Cl2N2O2/c1-2-10-13(19)17(7-11(18)16-10)6-8-4-3-5-9(14)12(8)15/h3-5,10H,2,6-7H2,1H3,(H,16,18). The number of piperazine rings is 1. The Balaban J connectivity index is 2.19. The van der Waals surface area contributed by atoms with Crippen LogP contribution in [0.3, 0.4) is 0 Å². The van der Waals surface area contributed by atoms with Gasteiger partial charge in [0.15, 0.2) is 0 Å². The third-order valence-electron chi connectivity index (χ3n) is 3.08. The zero-order valence-corrected chi connectivity index (χ0v) is 12.0. The van der Waals surface area contributed by atoms with Gasteiger partial charge in [0.05, 0.1) is 16.6 Å². The van der Waals surface area contributed by atoms with Crippen LogP contribution >= 0.6 is 23.2 Å². The molecule has 102 valence electrons. The summed E-state index contributed by atoms with van der Waals surface area (Å²) in [7, 11) is 0. The second-order valence-corrected chi connectivity index (χ2v) is 5.22. The van der Waals surface area contributed by atoms with Crippen molar-refractivity contribution in [1.29, 1.82) is 0 Å². The molecule has 1 atom stereocenters. The van der Waals surface area contributed by atoms with Crippen molar-refractivity contribution in [2.75, 3.05) is 6.54 Å². The van der Waals surface area contributed by atoms with E-state index in [-0.39, 0.29) is 18.4 Å². The fraction of sp³-hybridized carbons (Fsp3) is 0.385. The van der Waals surface area contributed by atoms with Crippen LogP contribution in [0.1, 0.15) is 18.9 Å². The minimum Gasteiger partial charge on any atom is -0.343 e. The topological polar surface area (TPSA) is 49.4 Å². The lowest BCUT2D eigenvalue weighted by Crippen LogP contribution is -2.57. The summed E-state index contributed by atoms with van der Waals surface area (Å²) in [6.07, 6.45) is 0.574. The Labute approximate surface area is 121 Å². The van der Waals surface area contributed by atoms with Crippen LogP contribution < -0.4 is 5.32 Å².